The minimum Gasteiger partial charge on any atom is -0.384 e. The molecule has 5 aromatic rings. The normalized spacial score (nSPS) is 15.2. The van der Waals surface area contributed by atoms with E-state index in [2.05, 4.69) is 49.1 Å². The average Bonchev–Trinajstić information content (AvgIpc) is 3.46. The van der Waals surface area contributed by atoms with Crippen molar-refractivity contribution in [3.8, 4) is 11.3 Å². The van der Waals surface area contributed by atoms with Crippen LogP contribution in [0.5, 0.6) is 0 Å². The van der Waals surface area contributed by atoms with Crippen molar-refractivity contribution in [2.75, 3.05) is 18.8 Å². The summed E-state index contributed by atoms with van der Waals surface area (Å²) in [5.41, 5.74) is 13.9. The summed E-state index contributed by atoms with van der Waals surface area (Å²) in [5.74, 6) is 1.67. The lowest BCUT2D eigenvalue weighted by Gasteiger charge is -2.31. The van der Waals surface area contributed by atoms with Crippen molar-refractivity contribution >= 4 is 33.7 Å². The van der Waals surface area contributed by atoms with Crippen LogP contribution in [0.3, 0.4) is 0 Å². The lowest BCUT2D eigenvalue weighted by molar-refractivity contribution is 0.0835. The summed E-state index contributed by atoms with van der Waals surface area (Å²) in [6.45, 7) is 6.72. The van der Waals surface area contributed by atoms with Crippen molar-refractivity contribution in [1.82, 2.24) is 24.8 Å². The summed E-state index contributed by atoms with van der Waals surface area (Å²) in [6, 6.07) is 18.6. The molecule has 1 aliphatic heterocycles. The lowest BCUT2D eigenvalue weighted by Crippen LogP contribution is -2.35. The number of nitrogen functional groups attached to an aromatic ring is 1. The van der Waals surface area contributed by atoms with E-state index in [4.69, 9.17) is 5.73 Å². The second kappa shape index (κ2) is 8.91. The van der Waals surface area contributed by atoms with Crippen molar-refractivity contribution in [2.45, 2.75) is 33.2 Å². The van der Waals surface area contributed by atoms with E-state index in [0.29, 0.717) is 11.5 Å². The molecule has 0 radical (unpaired) electrons. The lowest BCUT2D eigenvalue weighted by atomic mass is 9.88. The summed E-state index contributed by atoms with van der Waals surface area (Å²) in [5, 5.41) is 1.16. The fourth-order valence-electron chi connectivity index (χ4n) is 5.33. The third-order valence-electron chi connectivity index (χ3n) is 7.28. The molecular weight excluding hydrogens is 448 g/mol. The molecule has 0 saturated carbocycles. The number of rotatable bonds is 5. The average molecular weight is 479 g/mol. The summed E-state index contributed by atoms with van der Waals surface area (Å²) in [7, 11) is 0. The first-order chi connectivity index (χ1) is 17.4. The van der Waals surface area contributed by atoms with Gasteiger partial charge in [0.1, 0.15) is 11.6 Å². The Hall–Kier alpha value is -3.97. The Morgan fingerprint density at radius 3 is 2.56 bits per heavy atom. The molecule has 0 atom stereocenters. The SMILES string of the molecule is Cc1ccc(C(=O)C2CCN(Cc3ccc4[nH]c(-c5cc(N)nc6nc(C)[nH]c56)cc4c3)CC2)cc1. The minimum absolute atomic E-state index is 0.120. The Morgan fingerprint density at radius 1 is 1.00 bits per heavy atom. The van der Waals surface area contributed by atoms with Gasteiger partial charge in [0, 0.05) is 40.2 Å². The largest absolute Gasteiger partial charge is 0.384 e. The molecule has 7 heteroatoms. The van der Waals surface area contributed by atoms with Crippen molar-refractivity contribution in [3.05, 3.63) is 77.1 Å². The number of imidazole rings is 1. The fraction of sp³-hybridized carbons (Fsp3) is 0.276. The highest BCUT2D eigenvalue weighted by molar-refractivity contribution is 5.98. The molecule has 1 fully saturated rings. The van der Waals surface area contributed by atoms with E-state index in [1.807, 2.05) is 44.2 Å². The number of nitrogens with zero attached hydrogens (tertiary/aromatic N) is 3. The van der Waals surface area contributed by atoms with E-state index < -0.39 is 0 Å². The van der Waals surface area contributed by atoms with E-state index in [9.17, 15) is 4.79 Å². The van der Waals surface area contributed by atoms with Crippen LogP contribution < -0.4 is 5.73 Å². The van der Waals surface area contributed by atoms with E-state index >= 15 is 0 Å². The number of nitrogens with two attached hydrogens (primary N) is 1. The van der Waals surface area contributed by atoms with Crippen LogP contribution in [0.1, 0.15) is 40.2 Å². The molecule has 7 nitrogen and oxygen atoms in total. The number of Topliss-reactive ketones (excluding diaryl/α,β-unsaturated/α-hetero) is 1. The van der Waals surface area contributed by atoms with Crippen LogP contribution in [0.15, 0.2) is 54.6 Å². The number of likely N-dealkylation sites (tertiary alicyclic amines) is 1. The molecule has 0 amide bonds. The zero-order chi connectivity index (χ0) is 24.8. The van der Waals surface area contributed by atoms with Crippen molar-refractivity contribution in [1.29, 1.82) is 0 Å². The van der Waals surface area contributed by atoms with Crippen LogP contribution >= 0.6 is 0 Å². The van der Waals surface area contributed by atoms with Gasteiger partial charge in [0.25, 0.3) is 0 Å². The summed E-state index contributed by atoms with van der Waals surface area (Å²) in [4.78, 5) is 31.0. The van der Waals surface area contributed by atoms with Gasteiger partial charge in [-0.15, -0.1) is 0 Å². The molecule has 0 bridgehead atoms. The molecule has 0 aliphatic carbocycles. The number of hydrogen-bond donors (Lipinski definition) is 3. The summed E-state index contributed by atoms with van der Waals surface area (Å²) in [6.07, 6.45) is 1.82. The van der Waals surface area contributed by atoms with Crippen LogP contribution in [0.4, 0.5) is 5.82 Å². The molecule has 36 heavy (non-hydrogen) atoms. The predicted octanol–water partition coefficient (Wildman–Crippen LogP) is 5.40. The van der Waals surface area contributed by atoms with Gasteiger partial charge >= 0.3 is 0 Å². The molecule has 182 valence electrons. The second-order valence-corrected chi connectivity index (χ2v) is 10.0. The molecule has 0 spiro atoms. The van der Waals surface area contributed by atoms with Gasteiger partial charge in [-0.05, 0) is 69.6 Å². The number of carbonyl (C=O) groups is 1. The Morgan fingerprint density at radius 2 is 1.78 bits per heavy atom. The molecule has 3 aromatic heterocycles. The maximum Gasteiger partial charge on any atom is 0.180 e. The van der Waals surface area contributed by atoms with Gasteiger partial charge in [-0.3, -0.25) is 9.69 Å². The third-order valence-corrected chi connectivity index (χ3v) is 7.28. The highest BCUT2D eigenvalue weighted by atomic mass is 16.1. The highest BCUT2D eigenvalue weighted by Crippen LogP contribution is 2.31. The minimum atomic E-state index is 0.120. The number of ketones is 1. The molecule has 0 unspecified atom stereocenters. The van der Waals surface area contributed by atoms with Crippen molar-refractivity contribution in [2.24, 2.45) is 5.92 Å². The molecule has 1 saturated heterocycles. The molecule has 2 aromatic carbocycles. The summed E-state index contributed by atoms with van der Waals surface area (Å²) < 4.78 is 0. The number of aromatic nitrogens is 4. The van der Waals surface area contributed by atoms with Gasteiger partial charge in [0.2, 0.25) is 0 Å². The zero-order valence-corrected chi connectivity index (χ0v) is 20.6. The number of carbonyl (C=O) groups excluding carboxylic acids is 1. The molecule has 4 N–H and O–H groups in total. The third kappa shape index (κ3) is 4.27. The van der Waals surface area contributed by atoms with Gasteiger partial charge < -0.3 is 15.7 Å². The van der Waals surface area contributed by atoms with Crippen LogP contribution in [0.2, 0.25) is 0 Å². The van der Waals surface area contributed by atoms with E-state index in [-0.39, 0.29) is 11.7 Å². The number of nitrogens with one attached hydrogen (secondary N) is 2. The van der Waals surface area contributed by atoms with E-state index in [1.165, 1.54) is 11.1 Å². The number of H-pyrrole nitrogens is 2. The number of aromatic amines is 2. The predicted molar refractivity (Wildman–Crippen MR) is 144 cm³/mol. The Bertz CT molecular complexity index is 1570. The smallest absolute Gasteiger partial charge is 0.180 e. The van der Waals surface area contributed by atoms with Crippen molar-refractivity contribution < 1.29 is 4.79 Å². The topological polar surface area (TPSA) is 104 Å². The highest BCUT2D eigenvalue weighted by Gasteiger charge is 2.26. The monoisotopic (exact) mass is 478 g/mol. The van der Waals surface area contributed by atoms with Gasteiger partial charge in [-0.2, -0.15) is 0 Å². The van der Waals surface area contributed by atoms with Crippen molar-refractivity contribution in [3.63, 3.8) is 0 Å². The summed E-state index contributed by atoms with van der Waals surface area (Å²) >= 11 is 0. The second-order valence-electron chi connectivity index (χ2n) is 10.0. The quantitative estimate of drug-likeness (QED) is 0.294. The van der Waals surface area contributed by atoms with Gasteiger partial charge in [-0.25, -0.2) is 9.97 Å². The first-order valence-electron chi connectivity index (χ1n) is 12.5. The number of pyridine rings is 1. The maximum atomic E-state index is 12.9. The molecule has 1 aliphatic rings. The van der Waals surface area contributed by atoms with Gasteiger partial charge in [-0.1, -0.05) is 35.9 Å². The van der Waals surface area contributed by atoms with Gasteiger partial charge in [0.15, 0.2) is 11.4 Å². The standard InChI is InChI=1S/C29H30N6O/c1-17-3-6-20(7-4-17)28(36)21-9-11-35(12-10-21)16-19-5-8-24-22(13-19)14-25(33-24)23-15-26(30)34-29-27(23)31-18(2)32-29/h3-8,13-15,21,33H,9-12,16H2,1-2H3,(H3,30,31,32,34). The molecular formula is C29H30N6O. The van der Waals surface area contributed by atoms with Crippen LogP contribution in [-0.2, 0) is 6.54 Å². The van der Waals surface area contributed by atoms with Gasteiger partial charge in [0.05, 0.1) is 5.52 Å². The number of anilines is 1. The Labute approximate surface area is 209 Å². The van der Waals surface area contributed by atoms with E-state index in [1.54, 1.807) is 0 Å². The fourth-order valence-corrected chi connectivity index (χ4v) is 5.33. The first kappa shape index (κ1) is 22.5. The van der Waals surface area contributed by atoms with E-state index in [0.717, 1.165) is 71.5 Å². The zero-order valence-electron chi connectivity index (χ0n) is 20.6. The Kier molecular flexibility index (Phi) is 5.57. The number of piperidine rings is 1. The van der Waals surface area contributed by atoms with Crippen LogP contribution in [0, 0.1) is 19.8 Å². The molecule has 6 rings (SSSR count). The van der Waals surface area contributed by atoms with Crippen LogP contribution in [0.25, 0.3) is 33.3 Å². The molecule has 4 heterocycles. The van der Waals surface area contributed by atoms with Crippen LogP contribution in [-0.4, -0.2) is 43.7 Å². The number of benzene rings is 2. The number of hydrogen-bond acceptors (Lipinski definition) is 5. The number of aryl methyl sites for hydroxylation is 2. The number of fused-ring (bicyclic) bond motifs is 2. The maximum absolute atomic E-state index is 12.9. The Balaban J connectivity index is 1.16. The first-order valence-corrected chi connectivity index (χ1v) is 12.5.